The summed E-state index contributed by atoms with van der Waals surface area (Å²) in [5.41, 5.74) is 4.30. The average Bonchev–Trinajstić information content (AvgIpc) is 3.29. The fourth-order valence-corrected chi connectivity index (χ4v) is 4.13. The Morgan fingerprint density at radius 2 is 1.72 bits per heavy atom. The number of benzene rings is 3. The molecule has 0 atom stereocenters. The van der Waals surface area contributed by atoms with E-state index in [4.69, 9.17) is 0 Å². The summed E-state index contributed by atoms with van der Waals surface area (Å²) in [6.45, 7) is 7.59. The van der Waals surface area contributed by atoms with Crippen molar-refractivity contribution in [2.24, 2.45) is 0 Å². The van der Waals surface area contributed by atoms with E-state index in [1.807, 2.05) is 50.4 Å². The van der Waals surface area contributed by atoms with Crippen LogP contribution < -0.4 is 10.6 Å². The van der Waals surface area contributed by atoms with E-state index in [0.29, 0.717) is 0 Å². The van der Waals surface area contributed by atoms with Gasteiger partial charge in [-0.2, -0.15) is 9.61 Å². The molecule has 0 fully saturated rings. The first-order valence-electron chi connectivity index (χ1n) is 12.2. The lowest BCUT2D eigenvalue weighted by atomic mass is 10.1. The van der Waals surface area contributed by atoms with E-state index >= 15 is 0 Å². The van der Waals surface area contributed by atoms with Gasteiger partial charge < -0.3 is 10.6 Å². The summed E-state index contributed by atoms with van der Waals surface area (Å²) in [5, 5.41) is 13.1. The first-order valence-corrected chi connectivity index (χ1v) is 12.2. The van der Waals surface area contributed by atoms with Crippen molar-refractivity contribution >= 4 is 28.3 Å². The Morgan fingerprint density at radius 3 is 2.53 bits per heavy atom. The number of rotatable bonds is 8. The Kier molecular flexibility index (Phi) is 8.42. The lowest BCUT2D eigenvalue weighted by molar-refractivity contribution is 0.636. The second-order valence-electron chi connectivity index (χ2n) is 8.58. The number of halogens is 1. The van der Waals surface area contributed by atoms with E-state index in [9.17, 15) is 4.39 Å². The maximum atomic E-state index is 14.0. The molecule has 36 heavy (non-hydrogen) atoms. The Bertz CT molecular complexity index is 1450. The summed E-state index contributed by atoms with van der Waals surface area (Å²) >= 11 is 0. The number of anilines is 1. The molecule has 0 saturated carbocycles. The van der Waals surface area contributed by atoms with Crippen molar-refractivity contribution in [3.63, 3.8) is 0 Å². The van der Waals surface area contributed by atoms with Gasteiger partial charge in [-0.1, -0.05) is 79.4 Å². The Labute approximate surface area is 211 Å². The topological polar surface area (TPSA) is 54.2 Å². The van der Waals surface area contributed by atoms with Gasteiger partial charge in [-0.05, 0) is 55.3 Å². The van der Waals surface area contributed by atoms with Crippen molar-refractivity contribution < 1.29 is 4.39 Å². The number of nitrogens with zero attached hydrogens (tertiary/aromatic N) is 3. The maximum absolute atomic E-state index is 14.0. The van der Waals surface area contributed by atoms with Crippen LogP contribution in [0, 0.1) is 12.7 Å². The molecule has 2 heterocycles. The van der Waals surface area contributed by atoms with Crippen LogP contribution in [0.1, 0.15) is 24.0 Å². The normalized spacial score (nSPS) is 10.8. The molecule has 0 aliphatic carbocycles. The Morgan fingerprint density at radius 1 is 0.972 bits per heavy atom. The molecule has 5 aromatic rings. The molecular weight excluding hydrogens is 449 g/mol. The number of unbranched alkanes of at least 4 members (excludes halogenated alkanes) is 1. The maximum Gasteiger partial charge on any atom is 0.194 e. The van der Waals surface area contributed by atoms with E-state index in [0.717, 1.165) is 48.6 Å². The Hall–Kier alpha value is -4.03. The zero-order valence-electron chi connectivity index (χ0n) is 20.8. The van der Waals surface area contributed by atoms with Crippen LogP contribution in [0.2, 0.25) is 0 Å². The van der Waals surface area contributed by atoms with Gasteiger partial charge in [-0.15, -0.1) is 0 Å². The van der Waals surface area contributed by atoms with E-state index in [1.54, 1.807) is 0 Å². The number of nitrogens with one attached hydrogen (secondary N) is 2. The number of hydrogen-bond acceptors (Lipinski definition) is 4. The molecule has 6 heteroatoms. The molecule has 0 radical (unpaired) electrons. The van der Waals surface area contributed by atoms with E-state index in [-0.39, 0.29) is 5.65 Å². The largest absolute Gasteiger partial charge is 0.370 e. The van der Waals surface area contributed by atoms with Gasteiger partial charge in [0.05, 0.1) is 11.9 Å². The molecule has 0 aliphatic rings. The second kappa shape index (κ2) is 12.1. The summed E-state index contributed by atoms with van der Waals surface area (Å²) in [4.78, 5) is 4.46. The van der Waals surface area contributed by atoms with Gasteiger partial charge in [0.15, 0.2) is 11.5 Å². The van der Waals surface area contributed by atoms with Gasteiger partial charge in [-0.25, -0.2) is 9.37 Å². The van der Waals surface area contributed by atoms with Gasteiger partial charge in [0.2, 0.25) is 0 Å². The molecule has 0 aliphatic heterocycles. The summed E-state index contributed by atoms with van der Waals surface area (Å²) in [5.74, 6) is 0.343. The summed E-state index contributed by atoms with van der Waals surface area (Å²) in [6.07, 6.45) is 5.20. The van der Waals surface area contributed by atoms with Crippen molar-refractivity contribution in [2.75, 3.05) is 25.5 Å². The smallest absolute Gasteiger partial charge is 0.194 e. The number of fused-ring (bicyclic) bond motifs is 2. The zero-order valence-corrected chi connectivity index (χ0v) is 20.8. The summed E-state index contributed by atoms with van der Waals surface area (Å²) < 4.78 is 15.6. The van der Waals surface area contributed by atoms with Gasteiger partial charge in [-0.3, -0.25) is 0 Å². The highest BCUT2D eigenvalue weighted by molar-refractivity contribution is 5.90. The molecule has 2 aromatic heterocycles. The van der Waals surface area contributed by atoms with E-state index < -0.39 is 5.82 Å². The van der Waals surface area contributed by atoms with Crippen LogP contribution in [0.15, 0.2) is 85.6 Å². The van der Waals surface area contributed by atoms with Crippen LogP contribution in [-0.4, -0.2) is 34.7 Å². The fourth-order valence-electron chi connectivity index (χ4n) is 4.13. The van der Waals surface area contributed by atoms with Gasteiger partial charge in [0.1, 0.15) is 5.82 Å². The first kappa shape index (κ1) is 25.1. The molecule has 184 valence electrons. The third-order valence-electron chi connectivity index (χ3n) is 6.05. The van der Waals surface area contributed by atoms with E-state index in [2.05, 4.69) is 69.8 Å². The van der Waals surface area contributed by atoms with Crippen molar-refractivity contribution in [2.45, 2.75) is 19.8 Å². The zero-order chi connectivity index (χ0) is 25.3. The average molecular weight is 482 g/mol. The van der Waals surface area contributed by atoms with Crippen molar-refractivity contribution in [1.29, 1.82) is 0 Å². The molecule has 0 saturated heterocycles. The quantitative estimate of drug-likeness (QED) is 0.241. The molecular formula is C30H32FN5. The molecule has 5 nitrogen and oxygen atoms in total. The van der Waals surface area contributed by atoms with Crippen molar-refractivity contribution in [3.8, 4) is 11.3 Å². The minimum atomic E-state index is -0.413. The van der Waals surface area contributed by atoms with Crippen LogP contribution >= 0.6 is 0 Å². The van der Waals surface area contributed by atoms with Crippen LogP contribution in [-0.2, 0) is 0 Å². The SMILES string of the molecule is C=Cc1cccc2ccccc12.CNCCCCNc1cc(-c2ccccc2C)nc2c(F)cnn12. The molecule has 5 rings (SSSR count). The van der Waals surface area contributed by atoms with E-state index in [1.165, 1.54) is 27.0 Å². The number of aryl methyl sites for hydroxylation is 1. The Balaban J connectivity index is 0.000000211. The highest BCUT2D eigenvalue weighted by Crippen LogP contribution is 2.26. The van der Waals surface area contributed by atoms with Crippen molar-refractivity contribution in [1.82, 2.24) is 19.9 Å². The fraction of sp³-hybridized carbons (Fsp3) is 0.200. The van der Waals surface area contributed by atoms with Crippen LogP contribution in [0.4, 0.5) is 10.2 Å². The first-order chi connectivity index (χ1) is 17.6. The molecule has 0 spiro atoms. The van der Waals surface area contributed by atoms with Gasteiger partial charge in [0.25, 0.3) is 0 Å². The second-order valence-corrected chi connectivity index (χ2v) is 8.58. The third-order valence-corrected chi connectivity index (χ3v) is 6.05. The molecule has 2 N–H and O–H groups in total. The lowest BCUT2D eigenvalue weighted by Gasteiger charge is -2.11. The highest BCUT2D eigenvalue weighted by Gasteiger charge is 2.13. The van der Waals surface area contributed by atoms with Gasteiger partial charge >= 0.3 is 0 Å². The number of aromatic nitrogens is 3. The molecule has 0 amide bonds. The van der Waals surface area contributed by atoms with Crippen molar-refractivity contribution in [3.05, 3.63) is 103 Å². The molecule has 3 aromatic carbocycles. The minimum Gasteiger partial charge on any atom is -0.370 e. The molecule has 0 unspecified atom stereocenters. The van der Waals surface area contributed by atoms with Crippen LogP contribution in [0.25, 0.3) is 33.8 Å². The monoisotopic (exact) mass is 481 g/mol. The summed E-state index contributed by atoms with van der Waals surface area (Å²) in [7, 11) is 1.95. The molecule has 0 bridgehead atoms. The minimum absolute atomic E-state index is 0.244. The highest BCUT2D eigenvalue weighted by atomic mass is 19.1. The number of hydrogen-bond donors (Lipinski definition) is 2. The van der Waals surface area contributed by atoms with Gasteiger partial charge in [0, 0.05) is 18.2 Å². The predicted molar refractivity (Wildman–Crippen MR) is 149 cm³/mol. The lowest BCUT2D eigenvalue weighted by Crippen LogP contribution is -2.12. The standard InChI is InChI=1S/C18H22FN5.C12H10/c1-13-7-3-4-8-14(13)16-11-17(21-10-6-5-9-20-2)24-18(23-16)15(19)12-22-24;1-2-10-7-5-8-11-6-3-4-9-12(10)11/h3-4,7-8,11-12,20-21H,5-6,9-10H2,1-2H3;2-9H,1H2. The third kappa shape index (κ3) is 5.78. The summed E-state index contributed by atoms with van der Waals surface area (Å²) in [6, 6.07) is 24.5. The predicted octanol–water partition coefficient (Wildman–Crippen LogP) is 6.74. The van der Waals surface area contributed by atoms with Crippen LogP contribution in [0.5, 0.6) is 0 Å². The van der Waals surface area contributed by atoms with Crippen LogP contribution in [0.3, 0.4) is 0 Å².